The maximum atomic E-state index is 12.8. The van der Waals surface area contributed by atoms with Crippen LogP contribution in [0.5, 0.6) is 0 Å². The number of carbonyl (C=O) groups is 1. The molecule has 1 aliphatic carbocycles. The normalized spacial score (nSPS) is 16.4. The predicted octanol–water partition coefficient (Wildman–Crippen LogP) is 5.26. The lowest BCUT2D eigenvalue weighted by atomic mass is 9.85. The molecule has 0 saturated heterocycles. The number of amides is 1. The summed E-state index contributed by atoms with van der Waals surface area (Å²) in [5, 5.41) is 2.84. The Morgan fingerprint density at radius 2 is 1.79 bits per heavy atom. The van der Waals surface area contributed by atoms with E-state index in [1.807, 2.05) is 32.0 Å². The number of hydrogen-bond donors (Lipinski definition) is 2. The Morgan fingerprint density at radius 3 is 2.45 bits per heavy atom. The van der Waals surface area contributed by atoms with Crippen molar-refractivity contribution >= 4 is 37.5 Å². The largest absolute Gasteiger partial charge is 0.321 e. The summed E-state index contributed by atoms with van der Waals surface area (Å²) in [6.45, 7) is 3.82. The van der Waals surface area contributed by atoms with Gasteiger partial charge < -0.3 is 5.32 Å². The molecule has 0 spiro atoms. The van der Waals surface area contributed by atoms with E-state index in [1.165, 1.54) is 18.6 Å². The average Bonchev–Trinajstić information content (AvgIpc) is 2.70. The predicted molar refractivity (Wildman–Crippen MR) is 120 cm³/mol. The van der Waals surface area contributed by atoms with Crippen molar-refractivity contribution in [1.29, 1.82) is 0 Å². The van der Waals surface area contributed by atoms with Crippen LogP contribution in [0.4, 0.5) is 5.69 Å². The van der Waals surface area contributed by atoms with Gasteiger partial charge >= 0.3 is 0 Å². The quantitative estimate of drug-likeness (QED) is 0.594. The minimum absolute atomic E-state index is 0.0977. The zero-order chi connectivity index (χ0) is 21.0. The number of sulfonamides is 1. The van der Waals surface area contributed by atoms with Crippen molar-refractivity contribution in [3.05, 3.63) is 58.1 Å². The van der Waals surface area contributed by atoms with Gasteiger partial charge in [0, 0.05) is 16.1 Å². The molecule has 29 heavy (non-hydrogen) atoms. The van der Waals surface area contributed by atoms with E-state index in [1.54, 1.807) is 12.1 Å². The average molecular weight is 479 g/mol. The molecule has 0 unspecified atom stereocenters. The molecule has 2 aromatic rings. The van der Waals surface area contributed by atoms with Crippen LogP contribution in [0.25, 0.3) is 0 Å². The summed E-state index contributed by atoms with van der Waals surface area (Å²) in [5.41, 5.74) is 1.98. The lowest BCUT2D eigenvalue weighted by molar-refractivity contribution is 0.102. The Morgan fingerprint density at radius 1 is 1.10 bits per heavy atom. The molecule has 1 amide bonds. The third-order valence-corrected chi connectivity index (χ3v) is 7.80. The lowest BCUT2D eigenvalue weighted by Gasteiger charge is -2.28. The van der Waals surface area contributed by atoms with Gasteiger partial charge in [0.1, 0.15) is 0 Å². The van der Waals surface area contributed by atoms with Crippen LogP contribution in [-0.2, 0) is 10.0 Å². The monoisotopic (exact) mass is 478 g/mol. The second-order valence-corrected chi connectivity index (χ2v) is 10.3. The smallest absolute Gasteiger partial charge is 0.255 e. The maximum Gasteiger partial charge on any atom is 0.255 e. The van der Waals surface area contributed by atoms with Crippen LogP contribution in [-0.4, -0.2) is 20.4 Å². The Labute approximate surface area is 181 Å². The SMILES string of the molecule is Cc1ccccc1C(=O)Nc1ccc(S(=O)(=O)N[C@H](C)C2CCCCC2)cc1Br. The van der Waals surface area contributed by atoms with E-state index in [2.05, 4.69) is 26.0 Å². The number of rotatable bonds is 6. The number of benzene rings is 2. The van der Waals surface area contributed by atoms with Gasteiger partial charge in [0.05, 0.1) is 10.6 Å². The summed E-state index contributed by atoms with van der Waals surface area (Å²) in [6, 6.07) is 11.9. The molecule has 7 heteroatoms. The van der Waals surface area contributed by atoms with Crippen LogP contribution in [0.1, 0.15) is 54.9 Å². The molecular formula is C22H27BrN2O3S. The molecule has 2 aromatic carbocycles. The molecule has 0 aliphatic heterocycles. The number of aryl methyl sites for hydroxylation is 1. The van der Waals surface area contributed by atoms with Crippen LogP contribution < -0.4 is 10.0 Å². The lowest BCUT2D eigenvalue weighted by Crippen LogP contribution is -2.38. The number of carbonyl (C=O) groups excluding carboxylic acids is 1. The van der Waals surface area contributed by atoms with Crippen LogP contribution in [0.15, 0.2) is 51.8 Å². The van der Waals surface area contributed by atoms with Crippen LogP contribution in [0.2, 0.25) is 0 Å². The molecular weight excluding hydrogens is 452 g/mol. The van der Waals surface area contributed by atoms with Gasteiger partial charge in [-0.05, 0) is 78.4 Å². The number of hydrogen-bond acceptors (Lipinski definition) is 3. The van der Waals surface area contributed by atoms with Crippen molar-refractivity contribution in [2.75, 3.05) is 5.32 Å². The number of anilines is 1. The first kappa shape index (κ1) is 22.0. The molecule has 0 radical (unpaired) electrons. The molecule has 1 aliphatic rings. The molecule has 1 fully saturated rings. The number of nitrogens with one attached hydrogen (secondary N) is 2. The van der Waals surface area contributed by atoms with Crippen LogP contribution >= 0.6 is 15.9 Å². The van der Waals surface area contributed by atoms with Crippen LogP contribution in [0, 0.1) is 12.8 Å². The molecule has 2 N–H and O–H groups in total. The summed E-state index contributed by atoms with van der Waals surface area (Å²) < 4.78 is 29.0. The van der Waals surface area contributed by atoms with Gasteiger partial charge in [0.2, 0.25) is 10.0 Å². The third kappa shape index (κ3) is 5.47. The van der Waals surface area contributed by atoms with Gasteiger partial charge in [-0.2, -0.15) is 0 Å². The summed E-state index contributed by atoms with van der Waals surface area (Å²) in [4.78, 5) is 12.7. The highest BCUT2D eigenvalue weighted by molar-refractivity contribution is 9.10. The molecule has 5 nitrogen and oxygen atoms in total. The van der Waals surface area contributed by atoms with E-state index >= 15 is 0 Å². The molecule has 156 valence electrons. The van der Waals surface area contributed by atoms with E-state index < -0.39 is 10.0 Å². The second-order valence-electron chi connectivity index (χ2n) is 7.72. The Bertz CT molecular complexity index is 985. The fourth-order valence-corrected chi connectivity index (χ4v) is 5.79. The highest BCUT2D eigenvalue weighted by Gasteiger charge is 2.25. The second kappa shape index (κ2) is 9.41. The van der Waals surface area contributed by atoms with Gasteiger partial charge in [-0.25, -0.2) is 13.1 Å². The van der Waals surface area contributed by atoms with Gasteiger partial charge in [0.15, 0.2) is 0 Å². The van der Waals surface area contributed by atoms with Crippen molar-refractivity contribution in [2.24, 2.45) is 5.92 Å². The van der Waals surface area contributed by atoms with Gasteiger partial charge in [-0.1, -0.05) is 37.5 Å². The van der Waals surface area contributed by atoms with E-state index in [0.717, 1.165) is 31.2 Å². The van der Waals surface area contributed by atoms with E-state index in [9.17, 15) is 13.2 Å². The molecule has 1 saturated carbocycles. The highest BCUT2D eigenvalue weighted by atomic mass is 79.9. The summed E-state index contributed by atoms with van der Waals surface area (Å²) in [6.07, 6.45) is 5.70. The van der Waals surface area contributed by atoms with Crippen molar-refractivity contribution < 1.29 is 13.2 Å². The molecule has 1 atom stereocenters. The van der Waals surface area contributed by atoms with Gasteiger partial charge in [-0.3, -0.25) is 4.79 Å². The fourth-order valence-electron chi connectivity index (χ4n) is 3.82. The van der Waals surface area contributed by atoms with Gasteiger partial charge in [-0.15, -0.1) is 0 Å². The number of halogens is 1. The van der Waals surface area contributed by atoms with Crippen LogP contribution in [0.3, 0.4) is 0 Å². The summed E-state index contributed by atoms with van der Waals surface area (Å²) in [5.74, 6) is 0.151. The van der Waals surface area contributed by atoms with Gasteiger partial charge in [0.25, 0.3) is 5.91 Å². The minimum Gasteiger partial charge on any atom is -0.321 e. The Kier molecular flexibility index (Phi) is 7.14. The topological polar surface area (TPSA) is 75.3 Å². The molecule has 3 rings (SSSR count). The summed E-state index contributed by atoms with van der Waals surface area (Å²) >= 11 is 3.40. The highest BCUT2D eigenvalue weighted by Crippen LogP contribution is 2.29. The summed E-state index contributed by atoms with van der Waals surface area (Å²) in [7, 11) is -3.63. The van der Waals surface area contributed by atoms with E-state index in [-0.39, 0.29) is 16.8 Å². The first-order chi connectivity index (χ1) is 13.8. The van der Waals surface area contributed by atoms with Crippen molar-refractivity contribution in [1.82, 2.24) is 4.72 Å². The molecule has 0 bridgehead atoms. The third-order valence-electron chi connectivity index (χ3n) is 5.59. The fraction of sp³-hybridized carbons (Fsp3) is 0.409. The van der Waals surface area contributed by atoms with Crippen molar-refractivity contribution in [3.63, 3.8) is 0 Å². The molecule has 0 heterocycles. The van der Waals surface area contributed by atoms with Crippen molar-refractivity contribution in [2.45, 2.75) is 56.9 Å². The standard InChI is InChI=1S/C22H27BrN2O3S/c1-15-8-6-7-11-19(15)22(26)24-21-13-12-18(14-20(21)23)29(27,28)25-16(2)17-9-4-3-5-10-17/h6-8,11-14,16-17,25H,3-5,9-10H2,1-2H3,(H,24,26)/t16-/m1/s1. The zero-order valence-corrected chi connectivity index (χ0v) is 19.1. The Hall–Kier alpha value is -1.70. The molecule has 0 aromatic heterocycles. The first-order valence-corrected chi connectivity index (χ1v) is 12.2. The minimum atomic E-state index is -3.63. The van der Waals surface area contributed by atoms with Crippen molar-refractivity contribution in [3.8, 4) is 0 Å². The first-order valence-electron chi connectivity index (χ1n) is 9.97. The Balaban J connectivity index is 1.72. The van der Waals surface area contributed by atoms with E-state index in [4.69, 9.17) is 0 Å². The maximum absolute atomic E-state index is 12.8. The zero-order valence-electron chi connectivity index (χ0n) is 16.7. The van der Waals surface area contributed by atoms with E-state index in [0.29, 0.717) is 21.6 Å².